The van der Waals surface area contributed by atoms with Gasteiger partial charge in [0.05, 0.1) is 32.4 Å². The molecule has 3 aliphatic rings. The molecule has 3 heterocycles. The summed E-state index contributed by atoms with van der Waals surface area (Å²) >= 11 is 0.666. The van der Waals surface area contributed by atoms with Gasteiger partial charge in [-0.1, -0.05) is 6.08 Å². The van der Waals surface area contributed by atoms with E-state index in [4.69, 9.17) is 0 Å². The molecule has 1 saturated heterocycles. The predicted molar refractivity (Wildman–Crippen MR) is 174 cm³/mol. The Balaban J connectivity index is 0.00000300. The first-order chi connectivity index (χ1) is 22.2. The Bertz CT molecular complexity index is 2090. The maximum Gasteiger partial charge on any atom is 1.00 e. The molecule has 1 fully saturated rings. The number of rotatable bonds is 11. The van der Waals surface area contributed by atoms with Crippen LogP contribution in [0, 0.1) is 0 Å². The van der Waals surface area contributed by atoms with E-state index in [2.05, 4.69) is 4.33 Å². The summed E-state index contributed by atoms with van der Waals surface area (Å²) in [5.41, 5.74) is 2.29. The minimum absolute atomic E-state index is 0. The minimum atomic E-state index is -4.83. The van der Waals surface area contributed by atoms with Crippen LogP contribution in [0.1, 0.15) is 64.5 Å². The van der Waals surface area contributed by atoms with E-state index in [0.717, 1.165) is 23.0 Å². The zero-order chi connectivity index (χ0) is 35.5. The summed E-state index contributed by atoms with van der Waals surface area (Å²) in [5.74, 6) is -0.500. The summed E-state index contributed by atoms with van der Waals surface area (Å²) in [5, 5.41) is 9.50. The molecular formula is C31H36K3N2O11S4+. The first-order valence-electron chi connectivity index (χ1n) is 15.2. The van der Waals surface area contributed by atoms with Crippen molar-refractivity contribution in [3.05, 3.63) is 71.5 Å². The monoisotopic (exact) mass is 857 g/mol. The third kappa shape index (κ3) is 10.2. The second-order valence-electron chi connectivity index (χ2n) is 13.3. The summed E-state index contributed by atoms with van der Waals surface area (Å²) in [6.07, 6.45) is 6.38. The SMILES string of the molecule is CC1(C)C(C=C/C=C2\C(C)(C)c3cc(S(=O)(=O)[O-])ccc3[N+]23CCCC3S(=O)(=O)[O-])=[N+](CCCCS(=O)(=O)[O-])c2ccc(SO[O-])cc21.[K+].[K+].[K+]. The van der Waals surface area contributed by atoms with Gasteiger partial charge in [-0.05, 0) is 64.5 Å². The molecule has 0 aliphatic carbocycles. The van der Waals surface area contributed by atoms with Crippen molar-refractivity contribution in [2.45, 2.75) is 79.4 Å². The molecule has 262 valence electrons. The first-order valence-corrected chi connectivity index (χ1v) is 20.4. The fourth-order valence-electron chi connectivity index (χ4n) is 7.69. The summed E-state index contributed by atoms with van der Waals surface area (Å²) in [6.45, 7) is 8.18. The molecule has 2 aromatic rings. The normalized spacial score (nSPS) is 22.8. The van der Waals surface area contributed by atoms with Crippen LogP contribution in [0.5, 0.6) is 0 Å². The molecule has 2 unspecified atom stereocenters. The molecule has 2 aromatic carbocycles. The number of quaternary nitrogens is 1. The zero-order valence-corrected chi connectivity index (χ0v) is 42.4. The molecule has 0 saturated carbocycles. The van der Waals surface area contributed by atoms with Crippen molar-refractivity contribution in [3.8, 4) is 0 Å². The van der Waals surface area contributed by atoms with E-state index in [1.54, 1.807) is 32.1 Å². The number of benzene rings is 2. The van der Waals surface area contributed by atoms with Crippen molar-refractivity contribution < 1.29 is 207 Å². The molecule has 0 N–H and O–H groups in total. The van der Waals surface area contributed by atoms with E-state index in [1.807, 2.05) is 36.6 Å². The van der Waals surface area contributed by atoms with Crippen molar-refractivity contribution in [1.29, 1.82) is 0 Å². The third-order valence-corrected chi connectivity index (χ3v) is 13.1. The number of nitrogens with zero attached hydrogens (tertiary/aromatic N) is 2. The van der Waals surface area contributed by atoms with Crippen molar-refractivity contribution in [2.75, 3.05) is 18.8 Å². The van der Waals surface area contributed by atoms with Crippen molar-refractivity contribution >= 4 is 59.5 Å². The molecule has 13 nitrogen and oxygen atoms in total. The Hall–Kier alpha value is 2.46. The smallest absolute Gasteiger partial charge is 0.748 e. The van der Waals surface area contributed by atoms with E-state index in [-0.39, 0.29) is 178 Å². The van der Waals surface area contributed by atoms with Crippen LogP contribution in [0.25, 0.3) is 0 Å². The molecule has 2 atom stereocenters. The number of allylic oxidation sites excluding steroid dienone is 4. The van der Waals surface area contributed by atoms with Crippen molar-refractivity contribution in [2.24, 2.45) is 0 Å². The Morgan fingerprint density at radius 2 is 1.59 bits per heavy atom. The van der Waals surface area contributed by atoms with Gasteiger partial charge in [0.2, 0.25) is 5.69 Å². The number of hydrogen-bond donors (Lipinski definition) is 0. The van der Waals surface area contributed by atoms with Crippen LogP contribution in [0.15, 0.2) is 70.1 Å². The summed E-state index contributed by atoms with van der Waals surface area (Å²) < 4.78 is 113. The maximum atomic E-state index is 12.7. The Labute approximate surface area is 432 Å². The van der Waals surface area contributed by atoms with E-state index >= 15 is 0 Å². The zero-order valence-electron chi connectivity index (χ0n) is 29.7. The van der Waals surface area contributed by atoms with Gasteiger partial charge in [-0.15, -0.1) is 0 Å². The third-order valence-electron chi connectivity index (χ3n) is 9.74. The second-order valence-corrected chi connectivity index (χ2v) is 18.5. The molecule has 51 heavy (non-hydrogen) atoms. The Kier molecular flexibility index (Phi) is 18.1. The van der Waals surface area contributed by atoms with Gasteiger partial charge >= 0.3 is 154 Å². The van der Waals surface area contributed by atoms with Gasteiger partial charge in [-0.3, -0.25) is 0 Å². The van der Waals surface area contributed by atoms with Crippen LogP contribution in [0.4, 0.5) is 11.4 Å². The molecule has 3 aliphatic heterocycles. The average Bonchev–Trinajstić information content (AvgIpc) is 3.56. The standard InChI is InChI=1S/C31H38N2O11S4.3K/c1-30(2)23-19-21(45-44-34)12-14-25(23)32(16-5-6-18-46(35,36)37)27(30)9-7-10-28-31(3,4)24-20-22(47(38,39)40)13-15-26(24)33(28)17-8-11-29(33)48(41,42)43;;;/h7,9-10,12-15,19-20,29H,5-6,8,11,16-18H2,1-4H3,(H2-2,34,35,36,37,38,39,40,41,42,43);;;/q;3*+1/p-2/b9-7?,28-10+;;;. The van der Waals surface area contributed by atoms with Gasteiger partial charge in [0.25, 0.3) is 0 Å². The van der Waals surface area contributed by atoms with Gasteiger partial charge in [-0.25, -0.2) is 29.7 Å². The predicted octanol–water partition coefficient (Wildman–Crippen LogP) is -5.99. The Morgan fingerprint density at radius 3 is 2.18 bits per heavy atom. The van der Waals surface area contributed by atoms with E-state index < -0.39 is 57.2 Å². The van der Waals surface area contributed by atoms with Crippen molar-refractivity contribution in [1.82, 2.24) is 4.48 Å². The van der Waals surface area contributed by atoms with Gasteiger partial charge in [0.1, 0.15) is 28.0 Å². The molecule has 0 bridgehead atoms. The second kappa shape index (κ2) is 18.6. The molecule has 5 rings (SSSR count). The van der Waals surface area contributed by atoms with E-state index in [1.165, 1.54) is 12.1 Å². The summed E-state index contributed by atoms with van der Waals surface area (Å²) in [7, 11) is -14.0. The van der Waals surface area contributed by atoms with Gasteiger partial charge in [0.15, 0.2) is 21.2 Å². The van der Waals surface area contributed by atoms with Crippen molar-refractivity contribution in [3.63, 3.8) is 0 Å². The molecule has 0 amide bonds. The van der Waals surface area contributed by atoms with E-state index in [9.17, 15) is 44.2 Å². The number of fused-ring (bicyclic) bond motifs is 3. The van der Waals surface area contributed by atoms with Gasteiger partial charge in [-0.2, -0.15) is 4.58 Å². The molecule has 0 aromatic heterocycles. The molecular weight excluding hydrogens is 822 g/mol. The quantitative estimate of drug-likeness (QED) is 0.0303. The van der Waals surface area contributed by atoms with Gasteiger partial charge < -0.3 is 23.2 Å². The minimum Gasteiger partial charge on any atom is -0.748 e. The average molecular weight is 858 g/mol. The largest absolute Gasteiger partial charge is 1.00 e. The first kappa shape index (κ1) is 49.6. The van der Waals surface area contributed by atoms with Crippen LogP contribution in [-0.2, 0) is 45.5 Å². The van der Waals surface area contributed by atoms with Crippen LogP contribution in [-0.4, -0.2) is 73.4 Å². The van der Waals surface area contributed by atoms with Crippen LogP contribution >= 0.6 is 12.0 Å². The topological polar surface area (TPSA) is 207 Å². The summed E-state index contributed by atoms with van der Waals surface area (Å²) in [4.78, 5) is 0.128. The molecule has 1 spiro atoms. The Morgan fingerprint density at radius 1 is 0.922 bits per heavy atom. The number of hydrogen-bond acceptors (Lipinski definition) is 12. The van der Waals surface area contributed by atoms with Crippen LogP contribution in [0.2, 0.25) is 0 Å². The molecule has 0 radical (unpaired) electrons. The molecule has 20 heteroatoms. The fraction of sp³-hybridized carbons (Fsp3) is 0.452. The maximum absolute atomic E-state index is 12.7. The summed E-state index contributed by atoms with van der Waals surface area (Å²) in [6, 6.07) is 9.24. The van der Waals surface area contributed by atoms with Gasteiger partial charge in [0, 0.05) is 71.3 Å². The van der Waals surface area contributed by atoms with Crippen LogP contribution in [0.3, 0.4) is 0 Å². The van der Waals surface area contributed by atoms with E-state index in [0.29, 0.717) is 53.3 Å². The number of unbranched alkanes of at least 4 members (excludes halogenated alkanes) is 1. The van der Waals surface area contributed by atoms with Crippen LogP contribution < -0.4 is 164 Å². The fourth-order valence-corrected chi connectivity index (χ4v) is 10.3.